The fraction of sp³-hybridized carbons (Fsp3) is 0.323. The summed E-state index contributed by atoms with van der Waals surface area (Å²) in [5.41, 5.74) is 3.97. The molecule has 2 unspecified atom stereocenters. The lowest BCUT2D eigenvalue weighted by atomic mass is 9.92. The summed E-state index contributed by atoms with van der Waals surface area (Å²) in [5, 5.41) is 11.8. The van der Waals surface area contributed by atoms with Gasteiger partial charge in [-0.2, -0.15) is 0 Å². The van der Waals surface area contributed by atoms with E-state index in [4.69, 9.17) is 5.41 Å². The molecule has 0 radical (unpaired) electrons. The third kappa shape index (κ3) is 6.23. The van der Waals surface area contributed by atoms with Gasteiger partial charge in [0.1, 0.15) is 11.6 Å². The second-order valence-electron chi connectivity index (χ2n) is 10.3. The van der Waals surface area contributed by atoms with Gasteiger partial charge in [-0.15, -0.1) is 0 Å². The molecule has 2 N–H and O–H groups in total. The lowest BCUT2D eigenvalue weighted by Crippen LogP contribution is -2.53. The van der Waals surface area contributed by atoms with Gasteiger partial charge in [-0.1, -0.05) is 42.5 Å². The van der Waals surface area contributed by atoms with Crippen LogP contribution >= 0.6 is 0 Å². The normalized spacial score (nSPS) is 19.9. The van der Waals surface area contributed by atoms with Gasteiger partial charge in [-0.05, 0) is 61.6 Å². The Balaban J connectivity index is 1.27. The minimum absolute atomic E-state index is 0.00725. The van der Waals surface area contributed by atoms with Crippen molar-refractivity contribution < 1.29 is 13.6 Å². The van der Waals surface area contributed by atoms with Gasteiger partial charge in [0.05, 0.1) is 5.71 Å². The minimum atomic E-state index is -0.563. The average molecular weight is 530 g/mol. The Morgan fingerprint density at radius 1 is 1.08 bits per heavy atom. The number of benzene rings is 2. The van der Waals surface area contributed by atoms with Gasteiger partial charge >= 0.3 is 6.03 Å². The van der Waals surface area contributed by atoms with Gasteiger partial charge in [0.15, 0.2) is 0 Å². The zero-order chi connectivity index (χ0) is 27.4. The van der Waals surface area contributed by atoms with E-state index >= 15 is 0 Å². The van der Waals surface area contributed by atoms with Crippen LogP contribution in [0.25, 0.3) is 0 Å². The van der Waals surface area contributed by atoms with E-state index in [9.17, 15) is 13.6 Å². The van der Waals surface area contributed by atoms with E-state index in [1.807, 2.05) is 55.5 Å². The van der Waals surface area contributed by atoms with Gasteiger partial charge < -0.3 is 10.2 Å². The molecule has 0 saturated carbocycles. The number of hydrogen-bond donors (Lipinski definition) is 2. The van der Waals surface area contributed by atoms with Crippen LogP contribution in [0, 0.1) is 24.0 Å². The van der Waals surface area contributed by atoms with Crippen molar-refractivity contribution in [2.45, 2.75) is 44.8 Å². The van der Waals surface area contributed by atoms with Crippen LogP contribution in [-0.2, 0) is 6.54 Å². The second-order valence-corrected chi connectivity index (χ2v) is 10.3. The van der Waals surface area contributed by atoms with E-state index in [0.717, 1.165) is 35.2 Å². The first-order chi connectivity index (χ1) is 18.9. The first kappa shape index (κ1) is 26.7. The predicted molar refractivity (Wildman–Crippen MR) is 148 cm³/mol. The molecular weight excluding hydrogens is 496 g/mol. The number of aryl methyl sites for hydroxylation is 1. The molecule has 202 valence electrons. The highest BCUT2D eigenvalue weighted by Crippen LogP contribution is 2.33. The summed E-state index contributed by atoms with van der Waals surface area (Å²) in [5.74, 6) is -1.13. The Morgan fingerprint density at radius 2 is 1.85 bits per heavy atom. The van der Waals surface area contributed by atoms with Crippen molar-refractivity contribution in [2.75, 3.05) is 19.6 Å². The molecule has 1 aromatic heterocycles. The van der Waals surface area contributed by atoms with Crippen molar-refractivity contribution in [3.63, 3.8) is 0 Å². The zero-order valence-electron chi connectivity index (χ0n) is 22.0. The number of rotatable bonds is 6. The number of amides is 2. The third-order valence-corrected chi connectivity index (χ3v) is 7.56. The summed E-state index contributed by atoms with van der Waals surface area (Å²) in [4.78, 5) is 21.3. The maximum absolute atomic E-state index is 14.6. The zero-order valence-corrected chi connectivity index (χ0v) is 22.0. The van der Waals surface area contributed by atoms with Crippen molar-refractivity contribution in [2.24, 2.45) is 0 Å². The molecule has 2 aromatic carbocycles. The largest absolute Gasteiger partial charge is 0.334 e. The summed E-state index contributed by atoms with van der Waals surface area (Å²) in [6, 6.07) is 17.2. The molecule has 2 atom stereocenters. The van der Waals surface area contributed by atoms with E-state index in [1.165, 1.54) is 18.2 Å². The van der Waals surface area contributed by atoms with E-state index in [2.05, 4.69) is 15.2 Å². The number of carbonyl (C=O) groups excluding carboxylic acids is 1. The van der Waals surface area contributed by atoms with Crippen LogP contribution < -0.4 is 5.32 Å². The average Bonchev–Trinajstić information content (AvgIpc) is 2.95. The number of urea groups is 1. The molecule has 0 bridgehead atoms. The Labute approximate surface area is 227 Å². The number of carbonyl (C=O) groups is 1. The molecule has 3 aromatic rings. The fourth-order valence-electron chi connectivity index (χ4n) is 5.53. The number of hydrogen-bond acceptors (Lipinski definition) is 4. The number of nitrogens with zero attached hydrogens (tertiary/aromatic N) is 3. The van der Waals surface area contributed by atoms with Crippen LogP contribution in [0.15, 0.2) is 78.5 Å². The molecule has 2 aliphatic rings. The molecular formula is C31H33F2N5O. The third-order valence-electron chi connectivity index (χ3n) is 7.56. The number of halogens is 2. The first-order valence-electron chi connectivity index (χ1n) is 13.4. The lowest BCUT2D eigenvalue weighted by Gasteiger charge is -2.41. The number of piperidine rings is 1. The van der Waals surface area contributed by atoms with Crippen LogP contribution in [-0.4, -0.2) is 52.2 Å². The molecule has 39 heavy (non-hydrogen) atoms. The first-order valence-corrected chi connectivity index (χ1v) is 13.4. The molecule has 5 rings (SSSR count). The summed E-state index contributed by atoms with van der Waals surface area (Å²) < 4.78 is 29.1. The Hall–Kier alpha value is -3.91. The van der Waals surface area contributed by atoms with Crippen molar-refractivity contribution in [3.05, 3.63) is 113 Å². The van der Waals surface area contributed by atoms with Crippen molar-refractivity contribution >= 4 is 11.7 Å². The predicted octanol–water partition coefficient (Wildman–Crippen LogP) is 5.78. The second kappa shape index (κ2) is 11.9. The lowest BCUT2D eigenvalue weighted by molar-refractivity contribution is 0.109. The number of pyridine rings is 1. The highest BCUT2D eigenvalue weighted by molar-refractivity contribution is 6.11. The van der Waals surface area contributed by atoms with E-state index in [1.54, 1.807) is 11.1 Å². The van der Waals surface area contributed by atoms with Gasteiger partial charge in [-0.25, -0.2) is 13.6 Å². The van der Waals surface area contributed by atoms with Crippen LogP contribution in [0.2, 0.25) is 0 Å². The number of aromatic nitrogens is 1. The SMILES string of the molecule is Cc1cc(C(=N)C2=CCCN(C(=O)NC3CCC(c4ccccc4)N(Cc4c(F)cccc4F)C3)C2)ccn1. The molecule has 1 fully saturated rings. The number of likely N-dealkylation sites (tertiary alicyclic amines) is 1. The summed E-state index contributed by atoms with van der Waals surface area (Å²) in [6.45, 7) is 3.41. The minimum Gasteiger partial charge on any atom is -0.334 e. The molecule has 1 saturated heterocycles. The van der Waals surface area contributed by atoms with Crippen molar-refractivity contribution in [3.8, 4) is 0 Å². The molecule has 0 aliphatic carbocycles. The van der Waals surface area contributed by atoms with E-state index in [0.29, 0.717) is 31.8 Å². The van der Waals surface area contributed by atoms with Crippen LogP contribution in [0.1, 0.15) is 47.7 Å². The van der Waals surface area contributed by atoms with Gasteiger partial charge in [0.2, 0.25) is 0 Å². The van der Waals surface area contributed by atoms with Gasteiger partial charge in [0, 0.05) is 61.3 Å². The quantitative estimate of drug-likeness (QED) is 0.398. The fourth-order valence-corrected chi connectivity index (χ4v) is 5.53. The van der Waals surface area contributed by atoms with E-state index in [-0.39, 0.29) is 30.2 Å². The number of nitrogens with one attached hydrogen (secondary N) is 2. The Morgan fingerprint density at radius 3 is 2.59 bits per heavy atom. The monoisotopic (exact) mass is 529 g/mol. The Kier molecular flexibility index (Phi) is 8.12. The smallest absolute Gasteiger partial charge is 0.317 e. The van der Waals surface area contributed by atoms with Crippen molar-refractivity contribution in [1.82, 2.24) is 20.1 Å². The highest BCUT2D eigenvalue weighted by atomic mass is 19.1. The van der Waals surface area contributed by atoms with Crippen LogP contribution in [0.3, 0.4) is 0 Å². The highest BCUT2D eigenvalue weighted by Gasteiger charge is 2.32. The molecule has 3 heterocycles. The molecule has 2 aliphatic heterocycles. The molecule has 8 heteroatoms. The maximum atomic E-state index is 14.6. The van der Waals surface area contributed by atoms with Crippen LogP contribution in [0.4, 0.5) is 13.6 Å². The summed E-state index contributed by atoms with van der Waals surface area (Å²) in [6.07, 6.45) is 5.90. The van der Waals surface area contributed by atoms with Gasteiger partial charge in [-0.3, -0.25) is 15.3 Å². The topological polar surface area (TPSA) is 72.3 Å². The van der Waals surface area contributed by atoms with Crippen LogP contribution in [0.5, 0.6) is 0 Å². The maximum Gasteiger partial charge on any atom is 0.317 e. The summed E-state index contributed by atoms with van der Waals surface area (Å²) >= 11 is 0. The molecule has 6 nitrogen and oxygen atoms in total. The molecule has 2 amide bonds. The van der Waals surface area contributed by atoms with Gasteiger partial charge in [0.25, 0.3) is 0 Å². The van der Waals surface area contributed by atoms with E-state index < -0.39 is 11.6 Å². The Bertz CT molecular complexity index is 1360. The van der Waals surface area contributed by atoms with Crippen molar-refractivity contribution in [1.29, 1.82) is 5.41 Å². The molecule has 0 spiro atoms. The standard InChI is InChI=1S/C31H33F2N5O/c1-21-17-23(14-15-35-21)30(34)24-9-6-16-37(18-24)31(39)36-25-12-13-29(22-7-3-2-4-8-22)38(19-25)20-26-27(32)10-5-11-28(26)33/h2-5,7-11,14-15,17,25,29,34H,6,12-13,16,18-20H2,1H3,(H,36,39). The summed E-state index contributed by atoms with van der Waals surface area (Å²) in [7, 11) is 0.